The molecule has 0 rings (SSSR count). The number of ether oxygens (including phenoxy) is 1. The maximum Gasteiger partial charge on any atom is 0.0466 e. The highest BCUT2D eigenvalue weighted by Gasteiger charge is 2.10. The standard InChI is InChI=1S/C6H16OSi.H3N/c1-7-5-6-8(2,3)4;/h5-6H2,1-4H3;1H3. The molecule has 0 fully saturated rings. The Bertz CT molecular complexity index is 60.6. The average molecular weight is 149 g/mol. The second-order valence-electron chi connectivity index (χ2n) is 3.30. The van der Waals surface area contributed by atoms with Crippen LogP contribution in [0.4, 0.5) is 0 Å². The molecule has 0 spiro atoms. The topological polar surface area (TPSA) is 44.2 Å². The van der Waals surface area contributed by atoms with Crippen LogP contribution < -0.4 is 6.15 Å². The van der Waals surface area contributed by atoms with Crippen molar-refractivity contribution in [1.82, 2.24) is 6.15 Å². The van der Waals surface area contributed by atoms with Gasteiger partial charge in [0.15, 0.2) is 0 Å². The normalized spacial score (nSPS) is 10.7. The summed E-state index contributed by atoms with van der Waals surface area (Å²) in [5, 5.41) is 0. The molecule has 0 saturated carbocycles. The molecule has 0 aliphatic carbocycles. The van der Waals surface area contributed by atoms with Gasteiger partial charge in [0.2, 0.25) is 0 Å². The molecule has 0 aliphatic rings. The lowest BCUT2D eigenvalue weighted by Crippen LogP contribution is -2.21. The highest BCUT2D eigenvalue weighted by molar-refractivity contribution is 6.76. The fourth-order valence-corrected chi connectivity index (χ4v) is 1.22. The Morgan fingerprint density at radius 2 is 1.67 bits per heavy atom. The molecular weight excluding hydrogens is 130 g/mol. The molecular formula is C6H19NOSi. The van der Waals surface area contributed by atoms with Crippen LogP contribution in [-0.4, -0.2) is 21.8 Å². The van der Waals surface area contributed by atoms with Crippen LogP contribution in [-0.2, 0) is 4.74 Å². The molecule has 0 unspecified atom stereocenters. The summed E-state index contributed by atoms with van der Waals surface area (Å²) in [7, 11) is 0.961. The van der Waals surface area contributed by atoms with E-state index in [2.05, 4.69) is 19.6 Å². The number of rotatable bonds is 3. The summed E-state index contributed by atoms with van der Waals surface area (Å²) < 4.78 is 4.95. The fraction of sp³-hybridized carbons (Fsp3) is 1.00. The molecule has 0 heterocycles. The molecule has 0 saturated heterocycles. The van der Waals surface area contributed by atoms with Crippen molar-refractivity contribution in [3.63, 3.8) is 0 Å². The van der Waals surface area contributed by atoms with E-state index in [1.165, 1.54) is 6.04 Å². The average Bonchev–Trinajstić information content (AvgIpc) is 1.59. The Hall–Kier alpha value is 0.137. The van der Waals surface area contributed by atoms with Crippen LogP contribution in [0.3, 0.4) is 0 Å². The number of hydrogen-bond acceptors (Lipinski definition) is 2. The minimum absolute atomic E-state index is 0. The minimum atomic E-state index is -0.803. The van der Waals surface area contributed by atoms with Gasteiger partial charge in [-0.15, -0.1) is 0 Å². The van der Waals surface area contributed by atoms with Crippen molar-refractivity contribution in [3.05, 3.63) is 0 Å². The van der Waals surface area contributed by atoms with Gasteiger partial charge < -0.3 is 10.9 Å². The summed E-state index contributed by atoms with van der Waals surface area (Å²) >= 11 is 0. The summed E-state index contributed by atoms with van der Waals surface area (Å²) in [6.07, 6.45) is 0. The van der Waals surface area contributed by atoms with Crippen molar-refractivity contribution >= 4 is 8.07 Å². The minimum Gasteiger partial charge on any atom is -0.385 e. The van der Waals surface area contributed by atoms with Crippen LogP contribution in [0.1, 0.15) is 0 Å². The molecule has 0 aliphatic heterocycles. The molecule has 3 N–H and O–H groups in total. The van der Waals surface area contributed by atoms with E-state index in [4.69, 9.17) is 4.74 Å². The predicted molar refractivity (Wildman–Crippen MR) is 45.1 cm³/mol. The van der Waals surface area contributed by atoms with Gasteiger partial charge in [0, 0.05) is 21.8 Å². The van der Waals surface area contributed by atoms with Crippen LogP contribution in [0.2, 0.25) is 25.7 Å². The second-order valence-corrected chi connectivity index (χ2v) is 8.92. The van der Waals surface area contributed by atoms with Crippen molar-refractivity contribution in [1.29, 1.82) is 0 Å². The van der Waals surface area contributed by atoms with Gasteiger partial charge in [-0.3, -0.25) is 0 Å². The predicted octanol–water partition coefficient (Wildman–Crippen LogP) is 2.13. The summed E-state index contributed by atoms with van der Waals surface area (Å²) in [5.74, 6) is 0. The summed E-state index contributed by atoms with van der Waals surface area (Å²) in [5.41, 5.74) is 0. The summed E-state index contributed by atoms with van der Waals surface area (Å²) in [6.45, 7) is 8.00. The third-order valence-electron chi connectivity index (χ3n) is 1.06. The second kappa shape index (κ2) is 4.96. The van der Waals surface area contributed by atoms with E-state index in [0.29, 0.717) is 0 Å². The summed E-state index contributed by atoms with van der Waals surface area (Å²) in [4.78, 5) is 0. The maximum absolute atomic E-state index is 4.95. The van der Waals surface area contributed by atoms with Crippen LogP contribution in [0.25, 0.3) is 0 Å². The van der Waals surface area contributed by atoms with Gasteiger partial charge in [0.25, 0.3) is 0 Å². The molecule has 58 valence electrons. The monoisotopic (exact) mass is 149 g/mol. The van der Waals surface area contributed by atoms with Crippen molar-refractivity contribution in [2.75, 3.05) is 13.7 Å². The van der Waals surface area contributed by atoms with E-state index in [1.807, 2.05) is 0 Å². The van der Waals surface area contributed by atoms with Gasteiger partial charge in [0.1, 0.15) is 0 Å². The Morgan fingerprint density at radius 1 is 1.22 bits per heavy atom. The lowest BCUT2D eigenvalue weighted by Gasteiger charge is -2.13. The van der Waals surface area contributed by atoms with Crippen LogP contribution in [0, 0.1) is 0 Å². The zero-order valence-electron chi connectivity index (χ0n) is 7.03. The van der Waals surface area contributed by atoms with E-state index in [-0.39, 0.29) is 6.15 Å². The lowest BCUT2D eigenvalue weighted by atomic mass is 10.9. The highest BCUT2D eigenvalue weighted by Crippen LogP contribution is 2.06. The van der Waals surface area contributed by atoms with Crippen LogP contribution in [0.15, 0.2) is 0 Å². The van der Waals surface area contributed by atoms with E-state index < -0.39 is 8.07 Å². The van der Waals surface area contributed by atoms with Crippen molar-refractivity contribution in [2.45, 2.75) is 25.7 Å². The van der Waals surface area contributed by atoms with E-state index in [9.17, 15) is 0 Å². The van der Waals surface area contributed by atoms with E-state index >= 15 is 0 Å². The van der Waals surface area contributed by atoms with E-state index in [0.717, 1.165) is 6.61 Å². The van der Waals surface area contributed by atoms with Gasteiger partial charge in [-0.25, -0.2) is 0 Å². The third kappa shape index (κ3) is 11.6. The largest absolute Gasteiger partial charge is 0.385 e. The van der Waals surface area contributed by atoms with Crippen LogP contribution >= 0.6 is 0 Å². The molecule has 0 aromatic rings. The van der Waals surface area contributed by atoms with Gasteiger partial charge >= 0.3 is 0 Å². The Kier molecular flexibility index (Phi) is 6.55. The molecule has 3 heteroatoms. The van der Waals surface area contributed by atoms with Crippen molar-refractivity contribution < 1.29 is 4.74 Å². The third-order valence-corrected chi connectivity index (χ3v) is 2.76. The zero-order valence-corrected chi connectivity index (χ0v) is 8.03. The Balaban J connectivity index is 0. The molecule has 0 radical (unpaired) electrons. The molecule has 2 nitrogen and oxygen atoms in total. The molecule has 0 atom stereocenters. The van der Waals surface area contributed by atoms with Gasteiger partial charge in [0.05, 0.1) is 0 Å². The first-order chi connectivity index (χ1) is 3.56. The van der Waals surface area contributed by atoms with Crippen LogP contribution in [0.5, 0.6) is 0 Å². The highest BCUT2D eigenvalue weighted by atomic mass is 28.3. The molecule has 0 amide bonds. The number of methoxy groups -OCH3 is 1. The first-order valence-corrected chi connectivity index (χ1v) is 6.76. The van der Waals surface area contributed by atoms with E-state index in [1.54, 1.807) is 7.11 Å². The maximum atomic E-state index is 4.95. The molecule has 0 bridgehead atoms. The SMILES string of the molecule is COCC[Si](C)(C)C.N. The Labute approximate surface area is 59.2 Å². The summed E-state index contributed by atoms with van der Waals surface area (Å²) in [6, 6.07) is 1.28. The van der Waals surface area contributed by atoms with Gasteiger partial charge in [-0.1, -0.05) is 19.6 Å². The Morgan fingerprint density at radius 3 is 1.78 bits per heavy atom. The quantitative estimate of drug-likeness (QED) is 0.625. The van der Waals surface area contributed by atoms with Crippen molar-refractivity contribution in [2.24, 2.45) is 0 Å². The first-order valence-electron chi connectivity index (χ1n) is 3.05. The molecule has 0 aromatic heterocycles. The van der Waals surface area contributed by atoms with Crippen molar-refractivity contribution in [3.8, 4) is 0 Å². The zero-order chi connectivity index (χ0) is 6.62. The number of hydrogen-bond donors (Lipinski definition) is 1. The smallest absolute Gasteiger partial charge is 0.0466 e. The lowest BCUT2D eigenvalue weighted by molar-refractivity contribution is 0.214. The molecule has 9 heavy (non-hydrogen) atoms. The first kappa shape index (κ1) is 11.9. The molecule has 0 aromatic carbocycles. The fourth-order valence-electron chi connectivity index (χ4n) is 0.408. The van der Waals surface area contributed by atoms with Gasteiger partial charge in [-0.05, 0) is 6.04 Å². The van der Waals surface area contributed by atoms with Gasteiger partial charge in [-0.2, -0.15) is 0 Å².